The zero-order valence-electron chi connectivity index (χ0n) is 14.1. The van der Waals surface area contributed by atoms with Gasteiger partial charge in [-0.2, -0.15) is 9.41 Å². The van der Waals surface area contributed by atoms with Crippen molar-refractivity contribution in [2.75, 3.05) is 18.5 Å². The van der Waals surface area contributed by atoms with Crippen LogP contribution in [-0.2, 0) is 10.0 Å². The predicted octanol–water partition coefficient (Wildman–Crippen LogP) is 3.57. The van der Waals surface area contributed by atoms with Gasteiger partial charge < -0.3 is 5.11 Å². The summed E-state index contributed by atoms with van der Waals surface area (Å²) in [6.07, 6.45) is 2.59. The highest BCUT2D eigenvalue weighted by Gasteiger charge is 2.21. The SMILES string of the molecule is CCN(CC)S(=O)(=O)c1ccc(N/N=C/c2cc(Cl)cc(Cl)c2O)nc1. The molecule has 0 bridgehead atoms. The van der Waals surface area contributed by atoms with E-state index in [2.05, 4.69) is 15.5 Å². The molecule has 10 heteroatoms. The molecule has 0 aliphatic heterocycles. The van der Waals surface area contributed by atoms with Crippen LogP contribution in [0.4, 0.5) is 5.82 Å². The highest BCUT2D eigenvalue weighted by Crippen LogP contribution is 2.30. The fourth-order valence-electron chi connectivity index (χ4n) is 2.16. The lowest BCUT2D eigenvalue weighted by atomic mass is 10.2. The van der Waals surface area contributed by atoms with Gasteiger partial charge in [-0.3, -0.25) is 5.43 Å². The van der Waals surface area contributed by atoms with E-state index >= 15 is 0 Å². The molecule has 7 nitrogen and oxygen atoms in total. The summed E-state index contributed by atoms with van der Waals surface area (Å²) in [5.74, 6) is 0.197. The smallest absolute Gasteiger partial charge is 0.244 e. The Morgan fingerprint density at radius 2 is 1.96 bits per heavy atom. The van der Waals surface area contributed by atoms with Crippen molar-refractivity contribution in [3.63, 3.8) is 0 Å². The number of hydrogen-bond donors (Lipinski definition) is 2. The maximum absolute atomic E-state index is 12.4. The van der Waals surface area contributed by atoms with Crippen LogP contribution in [0.25, 0.3) is 0 Å². The monoisotopic (exact) mass is 416 g/mol. The third-order valence-corrected chi connectivity index (χ3v) is 6.06. The fourth-order valence-corrected chi connectivity index (χ4v) is 4.08. The normalized spacial score (nSPS) is 12.0. The van der Waals surface area contributed by atoms with Crippen LogP contribution < -0.4 is 5.43 Å². The van der Waals surface area contributed by atoms with Crippen molar-refractivity contribution in [1.82, 2.24) is 9.29 Å². The minimum Gasteiger partial charge on any atom is -0.506 e. The lowest BCUT2D eigenvalue weighted by Crippen LogP contribution is -2.30. The zero-order valence-corrected chi connectivity index (χ0v) is 16.5. The van der Waals surface area contributed by atoms with Crippen LogP contribution in [-0.4, -0.2) is 42.1 Å². The van der Waals surface area contributed by atoms with Gasteiger partial charge in [0, 0.05) is 29.9 Å². The quantitative estimate of drug-likeness (QED) is 0.531. The Morgan fingerprint density at radius 3 is 2.54 bits per heavy atom. The molecule has 0 saturated carbocycles. The van der Waals surface area contributed by atoms with Crippen molar-refractivity contribution < 1.29 is 13.5 Å². The van der Waals surface area contributed by atoms with Gasteiger partial charge in [0.2, 0.25) is 10.0 Å². The van der Waals surface area contributed by atoms with E-state index in [0.29, 0.717) is 29.5 Å². The Labute approximate surface area is 162 Å². The van der Waals surface area contributed by atoms with Crippen LogP contribution in [0.3, 0.4) is 0 Å². The number of hydrazone groups is 1. The van der Waals surface area contributed by atoms with Gasteiger partial charge in [-0.05, 0) is 24.3 Å². The third kappa shape index (κ3) is 4.64. The summed E-state index contributed by atoms with van der Waals surface area (Å²) in [5, 5.41) is 14.3. The van der Waals surface area contributed by atoms with E-state index in [1.807, 2.05) is 0 Å². The molecule has 0 aliphatic rings. The van der Waals surface area contributed by atoms with Gasteiger partial charge in [0.1, 0.15) is 16.5 Å². The molecule has 2 aromatic rings. The van der Waals surface area contributed by atoms with Gasteiger partial charge in [-0.1, -0.05) is 37.0 Å². The van der Waals surface area contributed by atoms with Crippen LogP contribution >= 0.6 is 23.2 Å². The van der Waals surface area contributed by atoms with Crippen LogP contribution in [0.2, 0.25) is 10.0 Å². The summed E-state index contributed by atoms with van der Waals surface area (Å²) >= 11 is 11.7. The molecular weight excluding hydrogens is 399 g/mol. The summed E-state index contributed by atoms with van der Waals surface area (Å²) in [6, 6.07) is 5.87. The Kier molecular flexibility index (Phi) is 6.82. The number of halogens is 2. The van der Waals surface area contributed by atoms with Crippen LogP contribution in [0.1, 0.15) is 19.4 Å². The molecule has 0 spiro atoms. The van der Waals surface area contributed by atoms with Crippen LogP contribution in [0.15, 0.2) is 40.5 Å². The fraction of sp³-hybridized carbons (Fsp3) is 0.250. The van der Waals surface area contributed by atoms with E-state index in [-0.39, 0.29) is 15.7 Å². The molecule has 26 heavy (non-hydrogen) atoms. The number of sulfonamides is 1. The third-order valence-electron chi connectivity index (χ3n) is 3.52. The first kappa shape index (κ1) is 20.4. The van der Waals surface area contributed by atoms with Crippen LogP contribution in [0, 0.1) is 0 Å². The number of pyridine rings is 1. The summed E-state index contributed by atoms with van der Waals surface area (Å²) in [5.41, 5.74) is 2.98. The van der Waals surface area contributed by atoms with Crippen molar-refractivity contribution in [2.45, 2.75) is 18.7 Å². The molecule has 0 saturated heterocycles. The summed E-state index contributed by atoms with van der Waals surface area (Å²) in [6.45, 7) is 4.32. The Balaban J connectivity index is 2.13. The minimum absolute atomic E-state index is 0.106. The van der Waals surface area contributed by atoms with Crippen molar-refractivity contribution in [1.29, 1.82) is 0 Å². The first-order valence-electron chi connectivity index (χ1n) is 7.72. The average molecular weight is 417 g/mol. The average Bonchev–Trinajstić information content (AvgIpc) is 2.60. The van der Waals surface area contributed by atoms with Gasteiger partial charge in [-0.25, -0.2) is 13.4 Å². The largest absolute Gasteiger partial charge is 0.506 e. The topological polar surface area (TPSA) is 94.9 Å². The van der Waals surface area contributed by atoms with E-state index in [4.69, 9.17) is 23.2 Å². The molecule has 0 fully saturated rings. The van der Waals surface area contributed by atoms with Crippen molar-refractivity contribution in [3.8, 4) is 5.75 Å². The summed E-state index contributed by atoms with van der Waals surface area (Å²) in [4.78, 5) is 4.15. The predicted molar refractivity (Wildman–Crippen MR) is 104 cm³/mol. The number of rotatable bonds is 7. The molecule has 2 rings (SSSR count). The molecule has 0 aliphatic carbocycles. The van der Waals surface area contributed by atoms with Gasteiger partial charge in [-0.15, -0.1) is 0 Å². The molecule has 0 amide bonds. The van der Waals surface area contributed by atoms with E-state index < -0.39 is 10.0 Å². The van der Waals surface area contributed by atoms with E-state index in [1.54, 1.807) is 13.8 Å². The minimum atomic E-state index is -3.55. The number of aromatic hydroxyl groups is 1. The van der Waals surface area contributed by atoms with E-state index in [9.17, 15) is 13.5 Å². The number of phenols is 1. The lowest BCUT2D eigenvalue weighted by Gasteiger charge is -2.18. The summed E-state index contributed by atoms with van der Waals surface area (Å²) < 4.78 is 26.1. The maximum Gasteiger partial charge on any atom is 0.244 e. The number of hydrogen-bond acceptors (Lipinski definition) is 6. The molecular formula is C16H18Cl2N4O3S. The number of benzene rings is 1. The van der Waals surface area contributed by atoms with E-state index in [0.717, 1.165) is 0 Å². The first-order valence-corrected chi connectivity index (χ1v) is 9.92. The standard InChI is InChI=1S/C16H18Cl2N4O3S/c1-3-22(4-2)26(24,25)13-5-6-15(19-10-13)21-20-9-11-7-12(17)8-14(18)16(11)23/h5-10,23H,3-4H2,1-2H3,(H,19,21)/b20-9+. The molecule has 2 N–H and O–H groups in total. The number of nitrogens with zero attached hydrogens (tertiary/aromatic N) is 3. The molecule has 0 radical (unpaired) electrons. The van der Waals surface area contributed by atoms with Gasteiger partial charge in [0.25, 0.3) is 0 Å². The van der Waals surface area contributed by atoms with Crippen molar-refractivity contribution in [2.24, 2.45) is 5.10 Å². The van der Waals surface area contributed by atoms with Gasteiger partial charge >= 0.3 is 0 Å². The number of phenolic OH excluding ortho intramolecular Hbond substituents is 1. The Bertz CT molecular complexity index is 898. The zero-order chi connectivity index (χ0) is 19.3. The van der Waals surface area contributed by atoms with Crippen LogP contribution in [0.5, 0.6) is 5.75 Å². The number of aromatic nitrogens is 1. The highest BCUT2D eigenvalue weighted by atomic mass is 35.5. The maximum atomic E-state index is 12.4. The van der Waals surface area contributed by atoms with E-state index in [1.165, 1.54) is 41.0 Å². The lowest BCUT2D eigenvalue weighted by molar-refractivity contribution is 0.445. The molecule has 1 aromatic carbocycles. The Morgan fingerprint density at radius 1 is 1.27 bits per heavy atom. The number of nitrogens with one attached hydrogen (secondary N) is 1. The summed E-state index contributed by atoms with van der Waals surface area (Å²) in [7, 11) is -3.55. The van der Waals surface area contributed by atoms with Crippen molar-refractivity contribution in [3.05, 3.63) is 46.1 Å². The second-order valence-electron chi connectivity index (χ2n) is 5.16. The highest BCUT2D eigenvalue weighted by molar-refractivity contribution is 7.89. The molecule has 1 aromatic heterocycles. The second-order valence-corrected chi connectivity index (χ2v) is 7.95. The number of anilines is 1. The first-order chi connectivity index (χ1) is 12.3. The Hall–Kier alpha value is -1.87. The van der Waals surface area contributed by atoms with Gasteiger partial charge in [0.05, 0.1) is 11.2 Å². The second kappa shape index (κ2) is 8.68. The molecule has 0 atom stereocenters. The molecule has 1 heterocycles. The van der Waals surface area contributed by atoms with Gasteiger partial charge in [0.15, 0.2) is 0 Å². The van der Waals surface area contributed by atoms with Crippen molar-refractivity contribution >= 4 is 45.3 Å². The molecule has 0 unspecified atom stereocenters. The molecule has 140 valence electrons.